The molecule has 1 amide bonds. The number of anilines is 1. The Morgan fingerprint density at radius 1 is 1.16 bits per heavy atom. The maximum Gasteiger partial charge on any atom is 0.247 e. The van der Waals surface area contributed by atoms with Gasteiger partial charge in [-0.25, -0.2) is 0 Å². The first kappa shape index (κ1) is 21.6. The van der Waals surface area contributed by atoms with Crippen molar-refractivity contribution in [3.05, 3.63) is 79.4 Å². The highest BCUT2D eigenvalue weighted by Gasteiger charge is 2.34. The molecule has 1 atom stereocenters. The minimum atomic E-state index is -0.739. The summed E-state index contributed by atoms with van der Waals surface area (Å²) in [5.41, 5.74) is 2.67. The molecule has 0 saturated heterocycles. The molecule has 32 heavy (non-hydrogen) atoms. The van der Waals surface area contributed by atoms with Crippen LogP contribution in [0.1, 0.15) is 18.7 Å². The van der Waals surface area contributed by atoms with Gasteiger partial charge in [-0.1, -0.05) is 48.7 Å². The highest BCUT2D eigenvalue weighted by atomic mass is 32.2. The summed E-state index contributed by atoms with van der Waals surface area (Å²) in [6.45, 7) is 9.31. The summed E-state index contributed by atoms with van der Waals surface area (Å²) in [6.07, 6.45) is 2.71. The summed E-state index contributed by atoms with van der Waals surface area (Å²) in [4.78, 5) is 19.0. The molecule has 3 aromatic rings. The fourth-order valence-electron chi connectivity index (χ4n) is 3.35. The summed E-state index contributed by atoms with van der Waals surface area (Å²) in [5.74, 6) is 1.49. The summed E-state index contributed by atoms with van der Waals surface area (Å²) >= 11 is 1.41. The van der Waals surface area contributed by atoms with Gasteiger partial charge in [-0.3, -0.25) is 9.69 Å². The predicted molar refractivity (Wildman–Crippen MR) is 125 cm³/mol. The number of benzene rings is 2. The van der Waals surface area contributed by atoms with Gasteiger partial charge in [-0.2, -0.15) is 4.98 Å². The predicted octanol–water partition coefficient (Wildman–Crippen LogP) is 4.83. The average Bonchev–Trinajstić information content (AvgIpc) is 2.96. The number of fused-ring (bicyclic) bond motifs is 3. The number of carbonyl (C=O) groups is 1. The van der Waals surface area contributed by atoms with Crippen LogP contribution in [-0.4, -0.2) is 33.4 Å². The molecule has 7 nitrogen and oxygen atoms in total. The van der Waals surface area contributed by atoms with Gasteiger partial charge in [0.2, 0.25) is 23.2 Å². The molecule has 8 heteroatoms. The summed E-state index contributed by atoms with van der Waals surface area (Å²) in [6, 6.07) is 14.9. The van der Waals surface area contributed by atoms with E-state index in [1.807, 2.05) is 48.5 Å². The maximum absolute atomic E-state index is 12.8. The lowest BCUT2D eigenvalue weighted by atomic mass is 10.1. The van der Waals surface area contributed by atoms with Gasteiger partial charge in [0, 0.05) is 23.8 Å². The van der Waals surface area contributed by atoms with Crippen LogP contribution in [0.15, 0.2) is 79.0 Å². The largest absolute Gasteiger partial charge is 0.490 e. The van der Waals surface area contributed by atoms with E-state index in [0.29, 0.717) is 40.5 Å². The van der Waals surface area contributed by atoms with Crippen LogP contribution < -0.4 is 14.4 Å². The number of hydrogen-bond donors (Lipinski definition) is 0. The number of aromatic nitrogens is 3. The van der Waals surface area contributed by atoms with E-state index in [2.05, 4.69) is 28.3 Å². The monoisotopic (exact) mass is 446 g/mol. The van der Waals surface area contributed by atoms with Gasteiger partial charge in [-0.05, 0) is 30.3 Å². The number of amides is 1. The maximum atomic E-state index is 12.8. The number of hydrogen-bond acceptors (Lipinski definition) is 7. The van der Waals surface area contributed by atoms with Gasteiger partial charge in [0.25, 0.3) is 0 Å². The molecule has 0 aliphatic carbocycles. The Kier molecular flexibility index (Phi) is 6.51. The second kappa shape index (κ2) is 9.65. The zero-order chi connectivity index (χ0) is 22.5. The lowest BCUT2D eigenvalue weighted by Crippen LogP contribution is -2.36. The van der Waals surface area contributed by atoms with Crippen molar-refractivity contribution in [2.75, 3.05) is 17.3 Å². The minimum Gasteiger partial charge on any atom is -0.490 e. The highest BCUT2D eigenvalue weighted by Crippen LogP contribution is 2.43. The van der Waals surface area contributed by atoms with Crippen LogP contribution in [0.3, 0.4) is 0 Å². The van der Waals surface area contributed by atoms with E-state index < -0.39 is 6.23 Å². The quantitative estimate of drug-likeness (QED) is 0.380. The van der Waals surface area contributed by atoms with Crippen molar-refractivity contribution in [2.45, 2.75) is 18.3 Å². The second-order valence-electron chi connectivity index (χ2n) is 6.89. The van der Waals surface area contributed by atoms with Crippen LogP contribution in [0.2, 0.25) is 0 Å². The third-order valence-corrected chi connectivity index (χ3v) is 5.55. The third-order valence-electron chi connectivity index (χ3n) is 4.71. The van der Waals surface area contributed by atoms with Crippen molar-refractivity contribution in [2.24, 2.45) is 0 Å². The molecule has 2 aromatic carbocycles. The minimum absolute atomic E-state index is 0.170. The van der Waals surface area contributed by atoms with Crippen LogP contribution in [0, 0.1) is 0 Å². The van der Waals surface area contributed by atoms with E-state index in [9.17, 15) is 4.79 Å². The van der Waals surface area contributed by atoms with Gasteiger partial charge in [-0.15, -0.1) is 16.8 Å². The van der Waals surface area contributed by atoms with E-state index in [1.54, 1.807) is 17.1 Å². The first-order valence-electron chi connectivity index (χ1n) is 10.00. The number of thioether (sulfide) groups is 1. The smallest absolute Gasteiger partial charge is 0.247 e. The summed E-state index contributed by atoms with van der Waals surface area (Å²) in [5, 5.41) is 9.08. The Morgan fingerprint density at radius 2 is 1.94 bits per heavy atom. The summed E-state index contributed by atoms with van der Waals surface area (Å²) in [7, 11) is 0. The molecule has 1 aliphatic heterocycles. The van der Waals surface area contributed by atoms with Gasteiger partial charge in [0.05, 0.1) is 5.69 Å². The molecular weight excluding hydrogens is 424 g/mol. The van der Waals surface area contributed by atoms with Gasteiger partial charge >= 0.3 is 0 Å². The molecule has 0 N–H and O–H groups in total. The lowest BCUT2D eigenvalue weighted by Gasteiger charge is -2.30. The van der Waals surface area contributed by atoms with Crippen LogP contribution in [-0.2, 0) is 4.79 Å². The fourth-order valence-corrected chi connectivity index (χ4v) is 3.86. The van der Waals surface area contributed by atoms with Crippen molar-refractivity contribution in [3.63, 3.8) is 0 Å². The number of nitrogens with zero attached hydrogens (tertiary/aromatic N) is 4. The third kappa shape index (κ3) is 4.36. The Bertz CT molecular complexity index is 1150. The van der Waals surface area contributed by atoms with Gasteiger partial charge in [0.1, 0.15) is 12.4 Å². The molecule has 0 spiro atoms. The van der Waals surface area contributed by atoms with E-state index in [-0.39, 0.29) is 5.91 Å². The van der Waals surface area contributed by atoms with Gasteiger partial charge < -0.3 is 9.47 Å². The van der Waals surface area contributed by atoms with Crippen LogP contribution in [0.25, 0.3) is 11.3 Å². The lowest BCUT2D eigenvalue weighted by molar-refractivity contribution is -0.118. The van der Waals surface area contributed by atoms with Crippen LogP contribution in [0.5, 0.6) is 11.6 Å². The molecule has 0 unspecified atom stereocenters. The zero-order valence-corrected chi connectivity index (χ0v) is 18.4. The standard InChI is InChI=1S/C24H22N4O3S/c1-4-14-30-18-12-10-17(11-13-18)23-28(16(3)29)20-9-7-6-8-19(20)21-22(31-23)25-24(27-26-21)32-15-5-2/h4-13,23H,1-2,14-15H2,3H3/t23-/m0/s1. The average molecular weight is 447 g/mol. The summed E-state index contributed by atoms with van der Waals surface area (Å²) < 4.78 is 11.9. The molecule has 4 rings (SSSR count). The Labute approximate surface area is 190 Å². The van der Waals surface area contributed by atoms with E-state index in [4.69, 9.17) is 9.47 Å². The van der Waals surface area contributed by atoms with Crippen molar-refractivity contribution in [1.82, 2.24) is 15.2 Å². The molecule has 1 aliphatic rings. The first-order chi connectivity index (χ1) is 15.6. The number of ether oxygens (including phenoxy) is 2. The second-order valence-corrected chi connectivity index (χ2v) is 7.88. The van der Waals surface area contributed by atoms with Crippen molar-refractivity contribution in [3.8, 4) is 22.9 Å². The van der Waals surface area contributed by atoms with Crippen molar-refractivity contribution >= 4 is 23.4 Å². The van der Waals surface area contributed by atoms with E-state index >= 15 is 0 Å². The molecular formula is C24H22N4O3S. The fraction of sp³-hybridized carbons (Fsp3) is 0.167. The van der Waals surface area contributed by atoms with Crippen LogP contribution in [0.4, 0.5) is 5.69 Å². The molecule has 162 valence electrons. The van der Waals surface area contributed by atoms with Crippen LogP contribution >= 0.6 is 11.8 Å². The zero-order valence-electron chi connectivity index (χ0n) is 17.6. The molecule has 0 saturated carbocycles. The molecule has 0 bridgehead atoms. The van der Waals surface area contributed by atoms with E-state index in [1.165, 1.54) is 18.7 Å². The Hall–Kier alpha value is -3.65. The number of carbonyl (C=O) groups excluding carboxylic acids is 1. The molecule has 0 radical (unpaired) electrons. The first-order valence-corrected chi connectivity index (χ1v) is 11.0. The molecule has 1 aromatic heterocycles. The van der Waals surface area contributed by atoms with Crippen molar-refractivity contribution in [1.29, 1.82) is 0 Å². The Morgan fingerprint density at radius 3 is 2.66 bits per heavy atom. The normalized spacial score (nSPS) is 14.4. The highest BCUT2D eigenvalue weighted by molar-refractivity contribution is 7.99. The van der Waals surface area contributed by atoms with E-state index in [0.717, 1.165) is 11.1 Å². The Balaban J connectivity index is 1.82. The number of para-hydroxylation sites is 1. The molecule has 2 heterocycles. The SMILES string of the molecule is C=CCOc1ccc([C@@H]2Oc3nc(SCC=C)nnc3-c3ccccc3N2C(C)=O)cc1. The van der Waals surface area contributed by atoms with Crippen molar-refractivity contribution < 1.29 is 14.3 Å². The topological polar surface area (TPSA) is 77.4 Å². The molecule has 0 fully saturated rings. The van der Waals surface area contributed by atoms with Gasteiger partial charge in [0.15, 0.2) is 5.69 Å². The number of rotatable bonds is 7.